The summed E-state index contributed by atoms with van der Waals surface area (Å²) < 4.78 is 5.54. The number of para-hydroxylation sites is 1. The van der Waals surface area contributed by atoms with Crippen LogP contribution in [-0.2, 0) is 9.59 Å². The van der Waals surface area contributed by atoms with Gasteiger partial charge in [-0.15, -0.1) is 0 Å². The van der Waals surface area contributed by atoms with E-state index >= 15 is 0 Å². The van der Waals surface area contributed by atoms with Crippen LogP contribution in [0.1, 0.15) is 36.5 Å². The second-order valence-electron chi connectivity index (χ2n) is 6.87. The molecule has 0 aromatic heterocycles. The molecule has 0 aliphatic carbocycles. The Labute approximate surface area is 152 Å². The minimum atomic E-state index is -0.941. The van der Waals surface area contributed by atoms with Gasteiger partial charge in [0, 0.05) is 26.6 Å². The van der Waals surface area contributed by atoms with Gasteiger partial charge in [-0.1, -0.05) is 12.1 Å². The highest BCUT2D eigenvalue weighted by atomic mass is 16.5. The van der Waals surface area contributed by atoms with E-state index in [1.165, 1.54) is 0 Å². The maximum atomic E-state index is 12.9. The number of piperidine rings is 1. The van der Waals surface area contributed by atoms with Gasteiger partial charge in [0.2, 0.25) is 5.91 Å². The predicted molar refractivity (Wildman–Crippen MR) is 94.0 cm³/mol. The molecule has 0 radical (unpaired) electrons. The van der Waals surface area contributed by atoms with E-state index < -0.39 is 17.4 Å². The summed E-state index contributed by atoms with van der Waals surface area (Å²) in [6.45, 7) is 3.17. The molecule has 2 saturated heterocycles. The number of likely N-dealkylation sites (tertiary alicyclic amines) is 2. The number of hydrogen-bond donors (Lipinski definition) is 1. The second-order valence-corrected chi connectivity index (χ2v) is 6.87. The standard InChI is InChI=1S/C19H24N2O5/c1-3-26-15-7-5-4-6-13(15)17(23)21-10-8-19(9-11-21)14(18(24)25)12-16(22)20(19)2/h4-7,14H,3,8-12H2,1-2H3,(H,24,25)/t14-/m1/s1. The lowest BCUT2D eigenvalue weighted by molar-refractivity contribution is -0.145. The molecule has 26 heavy (non-hydrogen) atoms. The quantitative estimate of drug-likeness (QED) is 0.882. The van der Waals surface area contributed by atoms with Gasteiger partial charge in [-0.2, -0.15) is 0 Å². The van der Waals surface area contributed by atoms with Gasteiger partial charge in [-0.3, -0.25) is 14.4 Å². The number of ether oxygens (including phenoxy) is 1. The third kappa shape index (κ3) is 2.91. The molecule has 7 nitrogen and oxygen atoms in total. The van der Waals surface area contributed by atoms with Crippen LogP contribution in [0, 0.1) is 5.92 Å². The van der Waals surface area contributed by atoms with Gasteiger partial charge in [-0.05, 0) is 31.9 Å². The number of amides is 2. The van der Waals surface area contributed by atoms with Crippen LogP contribution in [0.25, 0.3) is 0 Å². The number of carbonyl (C=O) groups excluding carboxylic acids is 2. The van der Waals surface area contributed by atoms with Gasteiger partial charge in [0.25, 0.3) is 5.91 Å². The van der Waals surface area contributed by atoms with Gasteiger partial charge in [0.05, 0.1) is 23.6 Å². The average molecular weight is 360 g/mol. The van der Waals surface area contributed by atoms with Crippen molar-refractivity contribution in [2.24, 2.45) is 5.92 Å². The van der Waals surface area contributed by atoms with Crippen LogP contribution in [0.5, 0.6) is 5.75 Å². The van der Waals surface area contributed by atoms with Gasteiger partial charge in [0.15, 0.2) is 0 Å². The number of carboxylic acid groups (broad SMARTS) is 1. The molecule has 2 fully saturated rings. The summed E-state index contributed by atoms with van der Waals surface area (Å²) in [6, 6.07) is 7.13. The highest BCUT2D eigenvalue weighted by Crippen LogP contribution is 2.43. The van der Waals surface area contributed by atoms with Crippen molar-refractivity contribution in [1.29, 1.82) is 0 Å². The third-order valence-electron chi connectivity index (χ3n) is 5.70. The minimum Gasteiger partial charge on any atom is -0.493 e. The molecule has 2 amide bonds. The number of hydrogen-bond acceptors (Lipinski definition) is 4. The molecule has 2 heterocycles. The van der Waals surface area contributed by atoms with E-state index in [4.69, 9.17) is 4.74 Å². The molecular weight excluding hydrogens is 336 g/mol. The first-order valence-electron chi connectivity index (χ1n) is 8.91. The Hall–Kier alpha value is -2.57. The van der Waals surface area contributed by atoms with Crippen LogP contribution >= 0.6 is 0 Å². The fraction of sp³-hybridized carbons (Fsp3) is 0.526. The lowest BCUT2D eigenvalue weighted by Gasteiger charge is -2.45. The molecule has 1 atom stereocenters. The zero-order chi connectivity index (χ0) is 18.9. The molecule has 2 aliphatic rings. The van der Waals surface area contributed by atoms with E-state index in [1.807, 2.05) is 13.0 Å². The number of benzene rings is 1. The first kappa shape index (κ1) is 18.2. The van der Waals surface area contributed by atoms with Gasteiger partial charge >= 0.3 is 5.97 Å². The van der Waals surface area contributed by atoms with Crippen molar-refractivity contribution in [2.75, 3.05) is 26.7 Å². The van der Waals surface area contributed by atoms with E-state index in [2.05, 4.69) is 0 Å². The molecule has 1 aromatic rings. The summed E-state index contributed by atoms with van der Waals surface area (Å²) in [5.74, 6) is -1.37. The topological polar surface area (TPSA) is 87.1 Å². The largest absolute Gasteiger partial charge is 0.493 e. The lowest BCUT2D eigenvalue weighted by Crippen LogP contribution is -2.57. The smallest absolute Gasteiger partial charge is 0.309 e. The molecule has 0 saturated carbocycles. The summed E-state index contributed by atoms with van der Waals surface area (Å²) in [5.41, 5.74) is -0.185. The molecule has 3 rings (SSSR count). The normalized spacial score (nSPS) is 21.9. The first-order chi connectivity index (χ1) is 12.4. The van der Waals surface area contributed by atoms with Gasteiger partial charge in [0.1, 0.15) is 5.75 Å². The van der Waals surface area contributed by atoms with Crippen molar-refractivity contribution in [2.45, 2.75) is 31.7 Å². The first-order valence-corrected chi connectivity index (χ1v) is 8.91. The molecule has 1 aromatic carbocycles. The fourth-order valence-corrected chi connectivity index (χ4v) is 4.18. The maximum Gasteiger partial charge on any atom is 0.309 e. The van der Waals surface area contributed by atoms with Crippen molar-refractivity contribution in [1.82, 2.24) is 9.80 Å². The van der Waals surface area contributed by atoms with Gasteiger partial charge in [-0.25, -0.2) is 0 Å². The zero-order valence-electron chi connectivity index (χ0n) is 15.1. The van der Waals surface area contributed by atoms with Crippen molar-refractivity contribution < 1.29 is 24.2 Å². The Morgan fingerprint density at radius 2 is 1.92 bits per heavy atom. The molecule has 1 spiro atoms. The Morgan fingerprint density at radius 1 is 1.27 bits per heavy atom. The van der Waals surface area contributed by atoms with Gasteiger partial charge < -0.3 is 19.6 Å². The van der Waals surface area contributed by atoms with Crippen LogP contribution in [0.4, 0.5) is 0 Å². The Balaban J connectivity index is 1.77. The van der Waals surface area contributed by atoms with Crippen LogP contribution in [-0.4, -0.2) is 65.0 Å². The summed E-state index contributed by atoms with van der Waals surface area (Å²) >= 11 is 0. The fourth-order valence-electron chi connectivity index (χ4n) is 4.18. The Bertz CT molecular complexity index is 724. The van der Waals surface area contributed by atoms with E-state index in [-0.39, 0.29) is 18.2 Å². The average Bonchev–Trinajstić information content (AvgIpc) is 2.88. The van der Waals surface area contributed by atoms with E-state index in [1.54, 1.807) is 35.0 Å². The molecule has 140 valence electrons. The van der Waals surface area contributed by atoms with Crippen molar-refractivity contribution in [3.63, 3.8) is 0 Å². The summed E-state index contributed by atoms with van der Waals surface area (Å²) in [5, 5.41) is 9.54. The number of rotatable bonds is 4. The molecule has 0 bridgehead atoms. The van der Waals surface area contributed by atoms with Crippen molar-refractivity contribution >= 4 is 17.8 Å². The van der Waals surface area contributed by atoms with Crippen LogP contribution < -0.4 is 4.74 Å². The van der Waals surface area contributed by atoms with E-state index in [9.17, 15) is 19.5 Å². The van der Waals surface area contributed by atoms with Crippen LogP contribution in [0.3, 0.4) is 0 Å². The van der Waals surface area contributed by atoms with Crippen molar-refractivity contribution in [3.05, 3.63) is 29.8 Å². The maximum absolute atomic E-state index is 12.9. The minimum absolute atomic E-state index is 0.0347. The number of carboxylic acids is 1. The number of aliphatic carboxylic acids is 1. The highest BCUT2D eigenvalue weighted by Gasteiger charge is 2.55. The molecule has 0 unspecified atom stereocenters. The summed E-state index contributed by atoms with van der Waals surface area (Å²) in [6.07, 6.45) is 0.969. The van der Waals surface area contributed by atoms with Crippen LogP contribution in [0.15, 0.2) is 24.3 Å². The molecule has 2 aliphatic heterocycles. The third-order valence-corrected chi connectivity index (χ3v) is 5.70. The number of nitrogens with zero attached hydrogens (tertiary/aromatic N) is 2. The SMILES string of the molecule is CCOc1ccccc1C(=O)N1CCC2(CC1)[C@@H](C(=O)O)CC(=O)N2C. The zero-order valence-corrected chi connectivity index (χ0v) is 15.1. The predicted octanol–water partition coefficient (Wildman–Crippen LogP) is 1.62. The second kappa shape index (κ2) is 6.97. The molecule has 1 N–H and O–H groups in total. The highest BCUT2D eigenvalue weighted by molar-refractivity contribution is 5.97. The van der Waals surface area contributed by atoms with E-state index in [0.29, 0.717) is 43.9 Å². The Kier molecular flexibility index (Phi) is 4.89. The molecule has 7 heteroatoms. The van der Waals surface area contributed by atoms with Crippen molar-refractivity contribution in [3.8, 4) is 5.75 Å². The molecular formula is C19H24N2O5. The summed E-state index contributed by atoms with van der Waals surface area (Å²) in [7, 11) is 1.67. The monoisotopic (exact) mass is 360 g/mol. The number of carbonyl (C=O) groups is 3. The lowest BCUT2D eigenvalue weighted by atomic mass is 9.77. The van der Waals surface area contributed by atoms with E-state index in [0.717, 1.165) is 0 Å². The Morgan fingerprint density at radius 3 is 2.54 bits per heavy atom. The van der Waals surface area contributed by atoms with Crippen LogP contribution in [0.2, 0.25) is 0 Å². The summed E-state index contributed by atoms with van der Waals surface area (Å²) in [4.78, 5) is 39.9.